The van der Waals surface area contributed by atoms with Gasteiger partial charge in [-0.15, -0.1) is 0 Å². The first-order valence-electron chi connectivity index (χ1n) is 6.09. The van der Waals surface area contributed by atoms with Gasteiger partial charge in [0.1, 0.15) is 5.60 Å². The number of hydrogen-bond acceptors (Lipinski definition) is 3. The summed E-state index contributed by atoms with van der Waals surface area (Å²) in [5, 5.41) is 2.80. The molecule has 2 atom stereocenters. The molecule has 0 radical (unpaired) electrons. The van der Waals surface area contributed by atoms with Gasteiger partial charge >= 0.3 is 6.09 Å². The zero-order chi connectivity index (χ0) is 13.8. The number of carbonyl (C=O) groups is 1. The quantitative estimate of drug-likeness (QED) is 0.866. The summed E-state index contributed by atoms with van der Waals surface area (Å²) in [7, 11) is 0. The topological polar surface area (TPSA) is 64.3 Å². The van der Waals surface area contributed by atoms with Gasteiger partial charge < -0.3 is 15.8 Å². The Labute approximate surface area is 109 Å². The Kier molecular flexibility index (Phi) is 4.73. The molecule has 2 unspecified atom stereocenters. The van der Waals surface area contributed by atoms with Crippen LogP contribution in [0.15, 0.2) is 30.3 Å². The van der Waals surface area contributed by atoms with Gasteiger partial charge in [-0.1, -0.05) is 30.3 Å². The van der Waals surface area contributed by atoms with Crippen LogP contribution in [-0.4, -0.2) is 17.7 Å². The number of carbonyl (C=O) groups excluding carboxylic acids is 1. The first-order chi connectivity index (χ1) is 8.29. The van der Waals surface area contributed by atoms with Crippen molar-refractivity contribution in [1.82, 2.24) is 5.32 Å². The van der Waals surface area contributed by atoms with Gasteiger partial charge in [0, 0.05) is 6.04 Å². The highest BCUT2D eigenvalue weighted by Crippen LogP contribution is 2.16. The molecule has 1 rings (SSSR count). The Bertz CT molecular complexity index is 383. The molecule has 1 amide bonds. The molecule has 100 valence electrons. The lowest BCUT2D eigenvalue weighted by molar-refractivity contribution is 0.0497. The highest BCUT2D eigenvalue weighted by molar-refractivity contribution is 5.68. The van der Waals surface area contributed by atoms with Gasteiger partial charge in [0.15, 0.2) is 0 Å². The van der Waals surface area contributed by atoms with Crippen LogP contribution < -0.4 is 11.1 Å². The van der Waals surface area contributed by atoms with Crippen LogP contribution >= 0.6 is 0 Å². The van der Waals surface area contributed by atoms with Gasteiger partial charge in [-0.2, -0.15) is 0 Å². The third kappa shape index (κ3) is 4.75. The van der Waals surface area contributed by atoms with E-state index in [-0.39, 0.29) is 12.1 Å². The number of ether oxygens (including phenoxy) is 1. The first-order valence-corrected chi connectivity index (χ1v) is 6.09. The Morgan fingerprint density at radius 2 is 1.83 bits per heavy atom. The first kappa shape index (κ1) is 14.5. The molecule has 4 heteroatoms. The summed E-state index contributed by atoms with van der Waals surface area (Å²) in [6, 6.07) is 9.19. The second-order valence-corrected chi connectivity index (χ2v) is 5.39. The van der Waals surface area contributed by atoms with Crippen molar-refractivity contribution in [2.24, 2.45) is 5.73 Å². The van der Waals surface area contributed by atoms with Gasteiger partial charge in [0.2, 0.25) is 0 Å². The van der Waals surface area contributed by atoms with Gasteiger partial charge in [-0.3, -0.25) is 0 Å². The number of rotatable bonds is 3. The van der Waals surface area contributed by atoms with Crippen molar-refractivity contribution < 1.29 is 9.53 Å². The van der Waals surface area contributed by atoms with E-state index >= 15 is 0 Å². The number of nitrogens with one attached hydrogen (secondary N) is 1. The molecule has 0 aromatic heterocycles. The van der Waals surface area contributed by atoms with Crippen molar-refractivity contribution in [2.45, 2.75) is 45.4 Å². The Morgan fingerprint density at radius 1 is 1.28 bits per heavy atom. The number of benzene rings is 1. The van der Waals surface area contributed by atoms with Crippen LogP contribution in [0.3, 0.4) is 0 Å². The van der Waals surface area contributed by atoms with E-state index in [0.29, 0.717) is 0 Å². The van der Waals surface area contributed by atoms with Gasteiger partial charge in [-0.05, 0) is 33.3 Å². The van der Waals surface area contributed by atoms with E-state index < -0.39 is 11.7 Å². The fourth-order valence-corrected chi connectivity index (χ4v) is 1.61. The molecule has 1 aromatic rings. The van der Waals surface area contributed by atoms with E-state index in [2.05, 4.69) is 5.32 Å². The summed E-state index contributed by atoms with van der Waals surface area (Å²) < 4.78 is 5.23. The fraction of sp³-hybridized carbons (Fsp3) is 0.500. The summed E-state index contributed by atoms with van der Waals surface area (Å²) in [6.45, 7) is 7.34. The zero-order valence-electron chi connectivity index (χ0n) is 11.4. The van der Waals surface area contributed by atoms with Crippen LogP contribution in [0, 0.1) is 0 Å². The van der Waals surface area contributed by atoms with Crippen LogP contribution in [0.5, 0.6) is 0 Å². The molecule has 1 aromatic carbocycles. The molecule has 0 aliphatic rings. The minimum absolute atomic E-state index is 0.195. The summed E-state index contributed by atoms with van der Waals surface area (Å²) >= 11 is 0. The van der Waals surface area contributed by atoms with E-state index in [1.165, 1.54) is 0 Å². The molecule has 0 heterocycles. The number of nitrogens with two attached hydrogens (primary N) is 1. The van der Waals surface area contributed by atoms with Crippen LogP contribution in [0.4, 0.5) is 4.79 Å². The summed E-state index contributed by atoms with van der Waals surface area (Å²) in [5.74, 6) is 0. The standard InChI is InChI=1S/C14H22N2O2/c1-10(15)12(11-8-6-5-7-9-11)16-13(17)18-14(2,3)4/h5-10,12H,15H2,1-4H3,(H,16,17). The molecule has 3 N–H and O–H groups in total. The Morgan fingerprint density at radius 3 is 2.28 bits per heavy atom. The number of hydrogen-bond donors (Lipinski definition) is 2. The lowest BCUT2D eigenvalue weighted by atomic mass is 10.0. The second-order valence-electron chi connectivity index (χ2n) is 5.39. The molecule has 18 heavy (non-hydrogen) atoms. The zero-order valence-corrected chi connectivity index (χ0v) is 11.4. The van der Waals surface area contributed by atoms with Crippen LogP contribution in [0.2, 0.25) is 0 Å². The van der Waals surface area contributed by atoms with E-state index in [9.17, 15) is 4.79 Å². The van der Waals surface area contributed by atoms with E-state index in [4.69, 9.17) is 10.5 Å². The maximum atomic E-state index is 11.8. The molecule has 0 spiro atoms. The van der Waals surface area contributed by atoms with Gasteiger partial charge in [-0.25, -0.2) is 4.79 Å². The fourth-order valence-electron chi connectivity index (χ4n) is 1.61. The van der Waals surface area contributed by atoms with E-state index in [1.54, 1.807) is 0 Å². The maximum Gasteiger partial charge on any atom is 0.408 e. The van der Waals surface area contributed by atoms with Crippen molar-refractivity contribution in [3.63, 3.8) is 0 Å². The van der Waals surface area contributed by atoms with E-state index in [1.807, 2.05) is 58.0 Å². The SMILES string of the molecule is CC(N)C(NC(=O)OC(C)(C)C)c1ccccc1. The highest BCUT2D eigenvalue weighted by atomic mass is 16.6. The molecular weight excluding hydrogens is 228 g/mol. The smallest absolute Gasteiger partial charge is 0.408 e. The summed E-state index contributed by atoms with van der Waals surface area (Å²) in [5.41, 5.74) is 6.37. The van der Waals surface area contributed by atoms with Crippen LogP contribution in [0.1, 0.15) is 39.3 Å². The monoisotopic (exact) mass is 250 g/mol. The molecule has 0 fully saturated rings. The number of amides is 1. The summed E-state index contributed by atoms with van der Waals surface area (Å²) in [6.07, 6.45) is -0.450. The molecular formula is C14H22N2O2. The van der Waals surface area contributed by atoms with E-state index in [0.717, 1.165) is 5.56 Å². The molecule has 0 saturated carbocycles. The third-order valence-electron chi connectivity index (χ3n) is 2.36. The van der Waals surface area contributed by atoms with Crippen molar-refractivity contribution >= 4 is 6.09 Å². The third-order valence-corrected chi connectivity index (χ3v) is 2.36. The molecule has 0 aliphatic heterocycles. The average Bonchev–Trinajstić information content (AvgIpc) is 2.24. The molecule has 0 aliphatic carbocycles. The predicted molar refractivity (Wildman–Crippen MR) is 72.2 cm³/mol. The lowest BCUT2D eigenvalue weighted by Gasteiger charge is -2.26. The lowest BCUT2D eigenvalue weighted by Crippen LogP contribution is -2.41. The van der Waals surface area contributed by atoms with Crippen molar-refractivity contribution in [3.8, 4) is 0 Å². The minimum Gasteiger partial charge on any atom is -0.444 e. The Balaban J connectivity index is 2.74. The Hall–Kier alpha value is -1.55. The predicted octanol–water partition coefficient (Wildman–Crippen LogP) is 2.60. The molecule has 4 nitrogen and oxygen atoms in total. The van der Waals surface area contributed by atoms with Crippen LogP contribution in [-0.2, 0) is 4.74 Å². The van der Waals surface area contributed by atoms with Crippen molar-refractivity contribution in [3.05, 3.63) is 35.9 Å². The largest absolute Gasteiger partial charge is 0.444 e. The van der Waals surface area contributed by atoms with Crippen LogP contribution in [0.25, 0.3) is 0 Å². The molecule has 0 bridgehead atoms. The average molecular weight is 250 g/mol. The highest BCUT2D eigenvalue weighted by Gasteiger charge is 2.22. The normalized spacial score (nSPS) is 14.7. The van der Waals surface area contributed by atoms with Crippen molar-refractivity contribution in [1.29, 1.82) is 0 Å². The minimum atomic E-state index is -0.511. The summed E-state index contributed by atoms with van der Waals surface area (Å²) in [4.78, 5) is 11.8. The van der Waals surface area contributed by atoms with Gasteiger partial charge in [0.25, 0.3) is 0 Å². The van der Waals surface area contributed by atoms with Crippen molar-refractivity contribution in [2.75, 3.05) is 0 Å². The second kappa shape index (κ2) is 5.87. The number of alkyl carbamates (subject to hydrolysis) is 1. The maximum absolute atomic E-state index is 11.8. The molecule has 0 saturated heterocycles. The van der Waals surface area contributed by atoms with Gasteiger partial charge in [0.05, 0.1) is 6.04 Å².